The molecule has 0 saturated carbocycles. The molecule has 0 amide bonds. The first-order valence-electron chi connectivity index (χ1n) is 7.53. The Bertz CT molecular complexity index is 346. The van der Waals surface area contributed by atoms with Crippen LogP contribution in [-0.4, -0.2) is 44.9 Å². The summed E-state index contributed by atoms with van der Waals surface area (Å²) in [5.74, 6) is 0.415. The highest BCUT2D eigenvalue weighted by molar-refractivity contribution is 7.87. The van der Waals surface area contributed by atoms with E-state index in [1.54, 1.807) is 4.31 Å². The molecule has 1 aliphatic rings. The Balaban J connectivity index is 2.58. The molecule has 0 aromatic carbocycles. The summed E-state index contributed by atoms with van der Waals surface area (Å²) in [5, 5.41) is 3.55. The van der Waals surface area contributed by atoms with E-state index in [1.807, 2.05) is 6.92 Å². The number of rotatable bonds is 8. The summed E-state index contributed by atoms with van der Waals surface area (Å²) in [4.78, 5) is 0. The molecule has 1 rings (SSSR count). The van der Waals surface area contributed by atoms with E-state index in [-0.39, 0.29) is 0 Å². The molecule has 2 unspecified atom stereocenters. The minimum atomic E-state index is -3.28. The molecule has 1 saturated heterocycles. The van der Waals surface area contributed by atoms with Gasteiger partial charge in [0.25, 0.3) is 10.2 Å². The molecule has 2 N–H and O–H groups in total. The number of piperidine rings is 1. The molecule has 1 heterocycles. The monoisotopic (exact) mass is 291 g/mol. The fraction of sp³-hybridized carbons (Fsp3) is 1.00. The van der Waals surface area contributed by atoms with Crippen molar-refractivity contribution in [1.82, 2.24) is 14.3 Å². The van der Waals surface area contributed by atoms with Crippen molar-refractivity contribution in [1.29, 1.82) is 0 Å². The first-order valence-corrected chi connectivity index (χ1v) is 8.97. The predicted octanol–water partition coefficient (Wildman–Crippen LogP) is 1.33. The van der Waals surface area contributed by atoms with Gasteiger partial charge in [-0.3, -0.25) is 0 Å². The van der Waals surface area contributed by atoms with E-state index in [0.29, 0.717) is 31.6 Å². The van der Waals surface area contributed by atoms with Crippen LogP contribution >= 0.6 is 0 Å². The first-order chi connectivity index (χ1) is 9.05. The van der Waals surface area contributed by atoms with Crippen LogP contribution in [0.3, 0.4) is 0 Å². The summed E-state index contributed by atoms with van der Waals surface area (Å²) in [7, 11) is -3.28. The smallest absolute Gasteiger partial charge is 0.279 e. The van der Waals surface area contributed by atoms with Gasteiger partial charge in [0.2, 0.25) is 0 Å². The second-order valence-electron chi connectivity index (χ2n) is 5.28. The van der Waals surface area contributed by atoms with Crippen LogP contribution in [-0.2, 0) is 10.2 Å². The Hall–Kier alpha value is -0.170. The van der Waals surface area contributed by atoms with Gasteiger partial charge in [0.15, 0.2) is 0 Å². The molecule has 2 atom stereocenters. The predicted molar refractivity (Wildman–Crippen MR) is 79.3 cm³/mol. The summed E-state index contributed by atoms with van der Waals surface area (Å²) in [6.45, 7) is 9.06. The lowest BCUT2D eigenvalue weighted by molar-refractivity contribution is 0.201. The molecule has 114 valence electrons. The highest BCUT2D eigenvalue weighted by Gasteiger charge is 2.33. The maximum atomic E-state index is 12.1. The maximum absolute atomic E-state index is 12.1. The van der Waals surface area contributed by atoms with Gasteiger partial charge >= 0.3 is 0 Å². The minimum Gasteiger partial charge on any atom is -0.314 e. The Morgan fingerprint density at radius 2 is 1.84 bits per heavy atom. The Labute approximate surface area is 118 Å². The van der Waals surface area contributed by atoms with Crippen molar-refractivity contribution >= 4 is 10.2 Å². The zero-order valence-corrected chi connectivity index (χ0v) is 13.3. The van der Waals surface area contributed by atoms with Crippen LogP contribution in [0.5, 0.6) is 0 Å². The van der Waals surface area contributed by atoms with E-state index < -0.39 is 10.2 Å². The number of nitrogens with zero attached hydrogens (tertiary/aromatic N) is 1. The molecule has 0 radical (unpaired) electrons. The maximum Gasteiger partial charge on any atom is 0.279 e. The average molecular weight is 291 g/mol. The zero-order valence-electron chi connectivity index (χ0n) is 12.5. The molecular weight excluding hydrogens is 262 g/mol. The van der Waals surface area contributed by atoms with Crippen LogP contribution in [0.15, 0.2) is 0 Å². The topological polar surface area (TPSA) is 61.4 Å². The highest BCUT2D eigenvalue weighted by Crippen LogP contribution is 2.22. The van der Waals surface area contributed by atoms with E-state index in [2.05, 4.69) is 23.9 Å². The summed E-state index contributed by atoms with van der Waals surface area (Å²) in [6.07, 6.45) is 3.87. The largest absolute Gasteiger partial charge is 0.314 e. The number of hydrogen-bond donors (Lipinski definition) is 2. The van der Waals surface area contributed by atoms with Gasteiger partial charge in [0.05, 0.1) is 0 Å². The van der Waals surface area contributed by atoms with Crippen LogP contribution in [0.25, 0.3) is 0 Å². The molecule has 0 aromatic rings. The summed E-state index contributed by atoms with van der Waals surface area (Å²) in [5.41, 5.74) is 0. The summed E-state index contributed by atoms with van der Waals surface area (Å²) >= 11 is 0. The van der Waals surface area contributed by atoms with E-state index >= 15 is 0 Å². The second kappa shape index (κ2) is 8.19. The highest BCUT2D eigenvalue weighted by atomic mass is 32.2. The minimum absolute atomic E-state index is 0.415. The third-order valence-corrected chi connectivity index (χ3v) is 5.33. The van der Waals surface area contributed by atoms with Crippen molar-refractivity contribution in [3.05, 3.63) is 0 Å². The van der Waals surface area contributed by atoms with Crippen LogP contribution in [0.2, 0.25) is 0 Å². The molecule has 19 heavy (non-hydrogen) atoms. The number of nitrogens with one attached hydrogen (secondary N) is 2. The van der Waals surface area contributed by atoms with Gasteiger partial charge in [-0.1, -0.05) is 27.2 Å². The van der Waals surface area contributed by atoms with Gasteiger partial charge in [0.1, 0.15) is 0 Å². The van der Waals surface area contributed by atoms with Crippen LogP contribution in [0.4, 0.5) is 0 Å². The van der Waals surface area contributed by atoms with Crippen LogP contribution < -0.4 is 10.0 Å². The average Bonchev–Trinajstić information content (AvgIpc) is 2.42. The van der Waals surface area contributed by atoms with Crippen molar-refractivity contribution in [3.8, 4) is 0 Å². The lowest BCUT2D eigenvalue weighted by Crippen LogP contribution is -2.53. The fourth-order valence-corrected chi connectivity index (χ4v) is 3.93. The van der Waals surface area contributed by atoms with Gasteiger partial charge in [0, 0.05) is 25.7 Å². The summed E-state index contributed by atoms with van der Waals surface area (Å²) < 4.78 is 28.5. The molecule has 0 aliphatic carbocycles. The molecule has 0 bridgehead atoms. The van der Waals surface area contributed by atoms with E-state index in [4.69, 9.17) is 0 Å². The van der Waals surface area contributed by atoms with Crippen LogP contribution in [0, 0.1) is 5.92 Å². The molecule has 0 aromatic heterocycles. The van der Waals surface area contributed by atoms with Crippen molar-refractivity contribution < 1.29 is 8.42 Å². The Kier molecular flexibility index (Phi) is 7.28. The van der Waals surface area contributed by atoms with Gasteiger partial charge < -0.3 is 5.32 Å². The quantitative estimate of drug-likeness (QED) is 0.709. The molecule has 1 fully saturated rings. The van der Waals surface area contributed by atoms with Gasteiger partial charge in [-0.05, 0) is 31.7 Å². The Morgan fingerprint density at radius 3 is 2.42 bits per heavy atom. The van der Waals surface area contributed by atoms with E-state index in [1.165, 1.54) is 0 Å². The molecule has 5 nitrogen and oxygen atoms in total. The lowest BCUT2D eigenvalue weighted by atomic mass is 9.91. The van der Waals surface area contributed by atoms with Crippen molar-refractivity contribution in [2.24, 2.45) is 5.92 Å². The zero-order chi connectivity index (χ0) is 14.3. The lowest BCUT2D eigenvalue weighted by Gasteiger charge is -2.38. The second-order valence-corrected chi connectivity index (χ2v) is 7.03. The summed E-state index contributed by atoms with van der Waals surface area (Å²) in [6, 6.07) is 0.461. The van der Waals surface area contributed by atoms with Crippen molar-refractivity contribution in [2.75, 3.05) is 26.2 Å². The normalized spacial score (nSPS) is 25.6. The molecule has 6 heteroatoms. The van der Waals surface area contributed by atoms with Crippen molar-refractivity contribution in [2.45, 2.75) is 52.5 Å². The van der Waals surface area contributed by atoms with Crippen LogP contribution in [0.1, 0.15) is 46.5 Å². The standard InChI is InChI=1S/C13H29N3O2S/c1-4-8-14-13-7-10-16(11-12(13)6-3)19(17,18)15-9-5-2/h12-15H,4-11H2,1-3H3. The third kappa shape index (κ3) is 5.02. The molecule has 1 aliphatic heterocycles. The molecular formula is C13H29N3O2S. The Morgan fingerprint density at radius 1 is 1.16 bits per heavy atom. The van der Waals surface area contributed by atoms with Gasteiger partial charge in [-0.25, -0.2) is 4.72 Å². The van der Waals surface area contributed by atoms with E-state index in [0.717, 1.165) is 32.2 Å². The van der Waals surface area contributed by atoms with Crippen molar-refractivity contribution in [3.63, 3.8) is 0 Å². The molecule has 0 spiro atoms. The van der Waals surface area contributed by atoms with Gasteiger partial charge in [-0.15, -0.1) is 0 Å². The SMILES string of the molecule is CCCNC1CCN(S(=O)(=O)NCCC)CC1CC. The van der Waals surface area contributed by atoms with Gasteiger partial charge in [-0.2, -0.15) is 12.7 Å². The first kappa shape index (κ1) is 16.9. The number of hydrogen-bond acceptors (Lipinski definition) is 3. The van der Waals surface area contributed by atoms with E-state index in [9.17, 15) is 8.42 Å². The fourth-order valence-electron chi connectivity index (χ4n) is 2.55. The third-order valence-electron chi connectivity index (χ3n) is 3.75.